The summed E-state index contributed by atoms with van der Waals surface area (Å²) in [5.41, 5.74) is 3.23. The number of benzene rings is 1. The van der Waals surface area contributed by atoms with Gasteiger partial charge in [0, 0.05) is 37.3 Å². The topological polar surface area (TPSA) is 203 Å². The number of fused-ring (bicyclic) bond motifs is 3. The molecule has 0 bridgehead atoms. The average molecular weight is 575 g/mol. The maximum Gasteiger partial charge on any atom is 0.411 e. The van der Waals surface area contributed by atoms with E-state index in [0.717, 1.165) is 6.42 Å². The Labute approximate surface area is 237 Å². The lowest BCUT2D eigenvalue weighted by Crippen LogP contribution is -2.73. The van der Waals surface area contributed by atoms with Crippen molar-refractivity contribution in [3.8, 4) is 5.75 Å². The molecule has 0 aromatic heterocycles. The Morgan fingerprint density at radius 3 is 2.41 bits per heavy atom. The monoisotopic (exact) mass is 574 g/mol. The van der Waals surface area contributed by atoms with Gasteiger partial charge in [0.2, 0.25) is 11.7 Å². The van der Waals surface area contributed by atoms with Crippen LogP contribution >= 0.6 is 0 Å². The smallest absolute Gasteiger partial charge is 0.411 e. The van der Waals surface area contributed by atoms with Crippen molar-refractivity contribution >= 4 is 40.7 Å². The molecule has 13 nitrogen and oxygen atoms in total. The van der Waals surface area contributed by atoms with Gasteiger partial charge in [-0.15, -0.1) is 0 Å². The second kappa shape index (κ2) is 11.0. The summed E-state index contributed by atoms with van der Waals surface area (Å²) in [4.78, 5) is 55.3. The molecule has 2 unspecified atom stereocenters. The molecule has 6 atom stereocenters. The number of primary amides is 1. The van der Waals surface area contributed by atoms with E-state index >= 15 is 0 Å². The highest BCUT2D eigenvalue weighted by Gasteiger charge is 2.67. The molecule has 13 heteroatoms. The fraction of sp³-hybridized carbons (Fsp3) is 0.571. The fourth-order valence-corrected chi connectivity index (χ4v) is 6.60. The third kappa shape index (κ3) is 4.71. The lowest BCUT2D eigenvalue weighted by molar-refractivity contribution is -0.184. The van der Waals surface area contributed by atoms with Crippen LogP contribution in [-0.4, -0.2) is 101 Å². The van der Waals surface area contributed by atoms with Crippen molar-refractivity contribution in [2.24, 2.45) is 23.5 Å². The maximum absolute atomic E-state index is 14.0. The molecule has 0 saturated heterocycles. The zero-order chi connectivity index (χ0) is 30.5. The number of ether oxygens (including phenoxy) is 1. The number of carbonyl (C=O) groups excluding carboxylic acids is 4. The van der Waals surface area contributed by atoms with Crippen molar-refractivity contribution in [2.75, 3.05) is 45.0 Å². The van der Waals surface area contributed by atoms with Crippen molar-refractivity contribution in [1.29, 1.82) is 0 Å². The number of nitrogens with two attached hydrogens (primary N) is 1. The first-order valence-electron chi connectivity index (χ1n) is 13.6. The largest absolute Gasteiger partial charge is 0.507 e. The molecule has 2 fully saturated rings. The first kappa shape index (κ1) is 30.3. The van der Waals surface area contributed by atoms with E-state index in [0.29, 0.717) is 17.7 Å². The van der Waals surface area contributed by atoms with Crippen LogP contribution in [0.2, 0.25) is 0 Å². The van der Waals surface area contributed by atoms with Gasteiger partial charge in [0.1, 0.15) is 11.7 Å². The lowest BCUT2D eigenvalue weighted by atomic mass is 9.54. The number of hydrogen-bond acceptors (Lipinski definition) is 11. The Balaban J connectivity index is 1.86. The zero-order valence-electron chi connectivity index (χ0n) is 23.8. The Morgan fingerprint density at radius 1 is 1.20 bits per heavy atom. The summed E-state index contributed by atoms with van der Waals surface area (Å²) in [6.45, 7) is 2.11. The van der Waals surface area contributed by atoms with Gasteiger partial charge in [-0.1, -0.05) is 13.3 Å². The Hall–Kier alpha value is -3.68. The van der Waals surface area contributed by atoms with Crippen LogP contribution in [-0.2, 0) is 25.5 Å². The average Bonchev–Trinajstić information content (AvgIpc) is 2.87. The number of likely N-dealkylation sites (N-methyl/N-ethyl adjacent to an activating group) is 1. The van der Waals surface area contributed by atoms with Crippen molar-refractivity contribution in [3.05, 3.63) is 22.8 Å². The summed E-state index contributed by atoms with van der Waals surface area (Å²) < 4.78 is 5.13. The van der Waals surface area contributed by atoms with Crippen LogP contribution in [0.15, 0.2) is 11.6 Å². The van der Waals surface area contributed by atoms with Gasteiger partial charge in [-0.3, -0.25) is 19.7 Å². The molecule has 7 N–H and O–H groups in total. The number of Topliss-reactive ketones (excluding diaryl/α,β-unsaturated/α-hetero) is 2. The quantitative estimate of drug-likeness (QED) is 0.151. The molecule has 3 aliphatic rings. The summed E-state index contributed by atoms with van der Waals surface area (Å²) >= 11 is 0. The molecule has 0 aliphatic heterocycles. The van der Waals surface area contributed by atoms with Crippen LogP contribution in [0, 0.1) is 17.8 Å². The summed E-state index contributed by atoms with van der Waals surface area (Å²) in [6, 6.07) is 0.555. The number of unbranched alkanes of at least 4 members (excludes halogenated alkanes) is 1. The summed E-state index contributed by atoms with van der Waals surface area (Å²) in [5, 5.41) is 47.9. The van der Waals surface area contributed by atoms with Crippen LogP contribution < -0.4 is 16.0 Å². The van der Waals surface area contributed by atoms with Gasteiger partial charge >= 0.3 is 6.09 Å². The zero-order valence-corrected chi connectivity index (χ0v) is 23.8. The summed E-state index contributed by atoms with van der Waals surface area (Å²) in [5.74, 6) is -8.32. The van der Waals surface area contributed by atoms with E-state index in [-0.39, 0.29) is 36.3 Å². The molecular weight excluding hydrogens is 536 g/mol. The minimum Gasteiger partial charge on any atom is -0.507 e. The highest BCUT2D eigenvalue weighted by molar-refractivity contribution is 6.25. The molecule has 224 valence electrons. The van der Waals surface area contributed by atoms with E-state index in [4.69, 9.17) is 10.5 Å². The first-order chi connectivity index (χ1) is 19.2. The van der Waals surface area contributed by atoms with Gasteiger partial charge in [-0.05, 0) is 50.9 Å². The lowest BCUT2D eigenvalue weighted by Gasteiger charge is -2.53. The standard InChI is InChI=1S/C28H38N4O9/c1-6-7-8-41-27(39)30-15-11-16(31(2)3)13-9-12-10-14-20(32(4)5)23(35)19(26(29)38)25(37)28(14,40)24(36)17(12)22(34)18(13)21(15)33/h11-12,14,19-20,23,33-35,40H,6-10H2,1-5H3,(H2,29,38)(H,30,39)/t12-,14-,19?,20-,23?,28-/m1/s1. The van der Waals surface area contributed by atoms with Gasteiger partial charge in [0.25, 0.3) is 0 Å². The number of amides is 2. The molecule has 41 heavy (non-hydrogen) atoms. The Bertz CT molecular complexity index is 1320. The molecule has 0 heterocycles. The van der Waals surface area contributed by atoms with E-state index < -0.39 is 70.6 Å². The van der Waals surface area contributed by atoms with Crippen LogP contribution in [0.25, 0.3) is 5.76 Å². The normalized spacial score (nSPS) is 29.0. The predicted octanol–water partition coefficient (Wildman–Crippen LogP) is 0.544. The number of hydrogen-bond donors (Lipinski definition) is 6. The molecular formula is C28H38N4O9. The Kier molecular flexibility index (Phi) is 8.09. The van der Waals surface area contributed by atoms with Crippen LogP contribution in [0.4, 0.5) is 16.2 Å². The van der Waals surface area contributed by atoms with Crippen molar-refractivity contribution in [2.45, 2.75) is 50.4 Å². The van der Waals surface area contributed by atoms with E-state index in [1.165, 1.54) is 11.0 Å². The van der Waals surface area contributed by atoms with Crippen LogP contribution in [0.1, 0.15) is 37.3 Å². The van der Waals surface area contributed by atoms with Gasteiger partial charge in [0.05, 0.1) is 24.0 Å². The molecule has 1 aromatic rings. The minimum absolute atomic E-state index is 0.00951. The maximum atomic E-state index is 14.0. The van der Waals surface area contributed by atoms with Gasteiger partial charge in [-0.2, -0.15) is 0 Å². The predicted molar refractivity (Wildman–Crippen MR) is 148 cm³/mol. The number of aliphatic hydroxyl groups excluding tert-OH is 2. The van der Waals surface area contributed by atoms with E-state index in [2.05, 4.69) is 5.32 Å². The summed E-state index contributed by atoms with van der Waals surface area (Å²) in [7, 11) is 6.66. The van der Waals surface area contributed by atoms with E-state index in [1.807, 2.05) is 6.92 Å². The number of anilines is 2. The number of phenolic OH excluding ortho intramolecular Hbond substituents is 1. The Morgan fingerprint density at radius 2 is 1.85 bits per heavy atom. The van der Waals surface area contributed by atoms with Crippen LogP contribution in [0.3, 0.4) is 0 Å². The van der Waals surface area contributed by atoms with E-state index in [1.54, 1.807) is 33.1 Å². The van der Waals surface area contributed by atoms with E-state index in [9.17, 15) is 39.6 Å². The van der Waals surface area contributed by atoms with Gasteiger partial charge in [0.15, 0.2) is 17.1 Å². The minimum atomic E-state index is -2.75. The number of aromatic hydroxyl groups is 1. The highest BCUT2D eigenvalue weighted by Crippen LogP contribution is 2.54. The number of carbonyl (C=O) groups is 4. The SMILES string of the molecule is CCCCOC(=O)Nc1cc(N(C)C)c2c(c1O)C(O)=C1C(=O)[C@@]3(O)C(=O)C(C(N)=O)C(O)[C@H](N(C)C)[C@H]3C[C@H]1C2. The molecule has 0 radical (unpaired) electrons. The van der Waals surface area contributed by atoms with Crippen molar-refractivity contribution < 1.29 is 44.3 Å². The van der Waals surface area contributed by atoms with Crippen molar-refractivity contribution in [3.63, 3.8) is 0 Å². The van der Waals surface area contributed by atoms with Gasteiger partial charge in [-0.25, -0.2) is 4.79 Å². The molecule has 0 spiro atoms. The molecule has 2 amide bonds. The molecule has 3 aliphatic carbocycles. The number of phenols is 1. The van der Waals surface area contributed by atoms with Crippen molar-refractivity contribution in [1.82, 2.24) is 4.90 Å². The fourth-order valence-electron chi connectivity index (χ4n) is 6.60. The molecule has 2 saturated carbocycles. The highest BCUT2D eigenvalue weighted by atomic mass is 16.5. The number of nitrogens with zero attached hydrogens (tertiary/aromatic N) is 2. The number of nitrogens with one attached hydrogen (secondary N) is 1. The molecule has 1 aromatic carbocycles. The summed E-state index contributed by atoms with van der Waals surface area (Å²) in [6.07, 6.45) is -0.773. The first-order valence-corrected chi connectivity index (χ1v) is 13.6. The third-order valence-electron chi connectivity index (χ3n) is 8.51. The molecule has 4 rings (SSSR count). The second-order valence-corrected chi connectivity index (χ2v) is 11.4. The van der Waals surface area contributed by atoms with Gasteiger partial charge < -0.3 is 40.7 Å². The second-order valence-electron chi connectivity index (χ2n) is 11.4. The number of ketones is 2. The number of aliphatic hydroxyl groups is 3. The third-order valence-corrected chi connectivity index (χ3v) is 8.51. The number of rotatable bonds is 7. The van der Waals surface area contributed by atoms with Crippen LogP contribution in [0.5, 0.6) is 5.75 Å².